The van der Waals surface area contributed by atoms with Crippen LogP contribution in [0.5, 0.6) is 0 Å². The fourth-order valence-electron chi connectivity index (χ4n) is 1.67. The smallest absolute Gasteiger partial charge is 0.339 e. The van der Waals surface area contributed by atoms with Crippen LogP contribution in [0.4, 0.5) is 4.79 Å². The van der Waals surface area contributed by atoms with Crippen LogP contribution in [0.15, 0.2) is 10.5 Å². The molecule has 7 heteroatoms. The molecule has 0 fully saturated rings. The molecule has 20 heavy (non-hydrogen) atoms. The van der Waals surface area contributed by atoms with Crippen molar-refractivity contribution in [2.24, 2.45) is 0 Å². The standard InChI is InChI=1S/C13H21N3O4/c1-3-14-5-4-6-15-13(19)16-8-10-7-11(12(17)18)9(2)20-10/h7,14H,3-6,8H2,1-2H3,(H,17,18)(H2,15,16,19). The van der Waals surface area contributed by atoms with Crippen molar-refractivity contribution in [3.05, 3.63) is 23.2 Å². The van der Waals surface area contributed by atoms with Gasteiger partial charge in [0.25, 0.3) is 0 Å². The number of rotatable bonds is 8. The third-order valence-corrected chi connectivity index (χ3v) is 2.69. The van der Waals surface area contributed by atoms with E-state index in [4.69, 9.17) is 9.52 Å². The van der Waals surface area contributed by atoms with Crippen molar-refractivity contribution >= 4 is 12.0 Å². The number of carboxylic acids is 1. The number of nitrogens with one attached hydrogen (secondary N) is 3. The van der Waals surface area contributed by atoms with Crippen LogP contribution in [0.25, 0.3) is 0 Å². The number of carbonyl (C=O) groups excluding carboxylic acids is 1. The van der Waals surface area contributed by atoms with Crippen LogP contribution in [0, 0.1) is 6.92 Å². The van der Waals surface area contributed by atoms with Crippen LogP contribution in [0.1, 0.15) is 35.2 Å². The van der Waals surface area contributed by atoms with Gasteiger partial charge in [0.1, 0.15) is 17.1 Å². The highest BCUT2D eigenvalue weighted by Crippen LogP contribution is 2.14. The first-order valence-electron chi connectivity index (χ1n) is 6.59. The molecule has 0 aliphatic rings. The van der Waals surface area contributed by atoms with E-state index in [2.05, 4.69) is 16.0 Å². The van der Waals surface area contributed by atoms with Crippen LogP contribution in [0.2, 0.25) is 0 Å². The molecule has 0 radical (unpaired) electrons. The second kappa shape index (κ2) is 8.21. The zero-order valence-electron chi connectivity index (χ0n) is 11.8. The van der Waals surface area contributed by atoms with Gasteiger partial charge in [-0.1, -0.05) is 6.92 Å². The quantitative estimate of drug-likeness (QED) is 0.535. The molecule has 0 aliphatic carbocycles. The van der Waals surface area contributed by atoms with E-state index in [1.807, 2.05) is 6.92 Å². The minimum absolute atomic E-state index is 0.118. The number of aryl methyl sites for hydroxylation is 1. The average Bonchev–Trinajstić information content (AvgIpc) is 2.77. The minimum atomic E-state index is -1.04. The summed E-state index contributed by atoms with van der Waals surface area (Å²) in [6.07, 6.45) is 0.851. The van der Waals surface area contributed by atoms with Gasteiger partial charge in [-0.25, -0.2) is 9.59 Å². The lowest BCUT2D eigenvalue weighted by Crippen LogP contribution is -2.36. The van der Waals surface area contributed by atoms with Gasteiger partial charge >= 0.3 is 12.0 Å². The molecule has 1 aromatic rings. The lowest BCUT2D eigenvalue weighted by atomic mass is 10.2. The molecular formula is C13H21N3O4. The Labute approximate surface area is 117 Å². The first-order chi connectivity index (χ1) is 9.54. The van der Waals surface area contributed by atoms with Gasteiger partial charge in [-0.05, 0) is 32.5 Å². The van der Waals surface area contributed by atoms with Crippen molar-refractivity contribution in [2.45, 2.75) is 26.8 Å². The van der Waals surface area contributed by atoms with E-state index < -0.39 is 5.97 Å². The number of aromatic carboxylic acids is 1. The normalized spacial score (nSPS) is 10.3. The van der Waals surface area contributed by atoms with Gasteiger partial charge in [0.2, 0.25) is 0 Å². The molecule has 1 heterocycles. The molecule has 1 aromatic heterocycles. The second-order valence-corrected chi connectivity index (χ2v) is 4.30. The molecule has 4 N–H and O–H groups in total. The Kier molecular flexibility index (Phi) is 6.58. The van der Waals surface area contributed by atoms with Crippen LogP contribution in [0.3, 0.4) is 0 Å². The summed E-state index contributed by atoms with van der Waals surface area (Å²) in [6, 6.07) is 1.12. The van der Waals surface area contributed by atoms with Gasteiger partial charge in [-0.15, -0.1) is 0 Å². The van der Waals surface area contributed by atoms with Crippen LogP contribution < -0.4 is 16.0 Å². The Morgan fingerprint density at radius 2 is 2.05 bits per heavy atom. The van der Waals surface area contributed by atoms with Crippen LogP contribution >= 0.6 is 0 Å². The van der Waals surface area contributed by atoms with E-state index in [0.29, 0.717) is 18.1 Å². The molecule has 0 spiro atoms. The monoisotopic (exact) mass is 283 g/mol. The number of furan rings is 1. The highest BCUT2D eigenvalue weighted by atomic mass is 16.4. The zero-order valence-corrected chi connectivity index (χ0v) is 11.8. The van der Waals surface area contributed by atoms with Crippen molar-refractivity contribution in [3.8, 4) is 0 Å². The fraction of sp³-hybridized carbons (Fsp3) is 0.538. The second-order valence-electron chi connectivity index (χ2n) is 4.30. The van der Waals surface area contributed by atoms with E-state index in [0.717, 1.165) is 19.5 Å². The van der Waals surface area contributed by atoms with Crippen LogP contribution in [-0.2, 0) is 6.54 Å². The zero-order chi connectivity index (χ0) is 15.0. The number of hydrogen-bond acceptors (Lipinski definition) is 4. The first-order valence-corrected chi connectivity index (χ1v) is 6.59. The molecule has 2 amide bonds. The fourth-order valence-corrected chi connectivity index (χ4v) is 1.67. The third-order valence-electron chi connectivity index (χ3n) is 2.69. The van der Waals surface area contributed by atoms with E-state index in [-0.39, 0.29) is 18.1 Å². The maximum Gasteiger partial charge on any atom is 0.339 e. The van der Waals surface area contributed by atoms with E-state index >= 15 is 0 Å². The summed E-state index contributed by atoms with van der Waals surface area (Å²) in [7, 11) is 0. The molecule has 0 saturated carbocycles. The summed E-state index contributed by atoms with van der Waals surface area (Å²) in [5.74, 6) is -0.284. The van der Waals surface area contributed by atoms with Gasteiger partial charge < -0.3 is 25.5 Å². The van der Waals surface area contributed by atoms with Crippen LogP contribution in [-0.4, -0.2) is 36.7 Å². The van der Waals surface area contributed by atoms with Gasteiger partial charge in [-0.3, -0.25) is 0 Å². The van der Waals surface area contributed by atoms with E-state index in [1.54, 1.807) is 6.92 Å². The number of carbonyl (C=O) groups is 2. The van der Waals surface area contributed by atoms with Gasteiger partial charge in [0, 0.05) is 6.54 Å². The van der Waals surface area contributed by atoms with Crippen molar-refractivity contribution in [2.75, 3.05) is 19.6 Å². The number of hydrogen-bond donors (Lipinski definition) is 4. The predicted octanol–water partition coefficient (Wildman–Crippen LogP) is 1.09. The summed E-state index contributed by atoms with van der Waals surface area (Å²) in [5, 5.41) is 17.4. The van der Waals surface area contributed by atoms with Crippen molar-refractivity contribution in [3.63, 3.8) is 0 Å². The molecule has 1 rings (SSSR count). The Morgan fingerprint density at radius 1 is 1.30 bits per heavy atom. The first kappa shape index (κ1) is 16.0. The topological polar surface area (TPSA) is 104 Å². The Bertz CT molecular complexity index is 456. The Morgan fingerprint density at radius 3 is 2.65 bits per heavy atom. The molecule has 112 valence electrons. The number of urea groups is 1. The van der Waals surface area contributed by atoms with Gasteiger partial charge in [-0.2, -0.15) is 0 Å². The molecule has 7 nitrogen and oxygen atoms in total. The third kappa shape index (κ3) is 5.31. The van der Waals surface area contributed by atoms with Crippen molar-refractivity contribution < 1.29 is 19.1 Å². The molecule has 0 saturated heterocycles. The number of carboxylic acid groups (broad SMARTS) is 1. The lowest BCUT2D eigenvalue weighted by molar-refractivity contribution is 0.0695. The van der Waals surface area contributed by atoms with E-state index in [9.17, 15) is 9.59 Å². The highest BCUT2D eigenvalue weighted by Gasteiger charge is 2.13. The molecular weight excluding hydrogens is 262 g/mol. The molecule has 0 aliphatic heterocycles. The summed E-state index contributed by atoms with van der Waals surface area (Å²) in [4.78, 5) is 22.3. The van der Waals surface area contributed by atoms with Gasteiger partial charge in [0.05, 0.1) is 6.54 Å². The molecule has 0 atom stereocenters. The summed E-state index contributed by atoms with van der Waals surface area (Å²) in [5.41, 5.74) is 0.118. The Balaban J connectivity index is 2.27. The highest BCUT2D eigenvalue weighted by molar-refractivity contribution is 5.88. The van der Waals surface area contributed by atoms with E-state index in [1.165, 1.54) is 6.07 Å². The molecule has 0 bridgehead atoms. The maximum atomic E-state index is 11.5. The SMILES string of the molecule is CCNCCCNC(=O)NCc1cc(C(=O)O)c(C)o1. The number of amides is 2. The van der Waals surface area contributed by atoms with Crippen molar-refractivity contribution in [1.82, 2.24) is 16.0 Å². The largest absolute Gasteiger partial charge is 0.478 e. The van der Waals surface area contributed by atoms with Gasteiger partial charge in [0.15, 0.2) is 0 Å². The molecule has 0 unspecified atom stereocenters. The summed E-state index contributed by atoms with van der Waals surface area (Å²) in [6.45, 7) is 6.11. The average molecular weight is 283 g/mol. The summed E-state index contributed by atoms with van der Waals surface area (Å²) >= 11 is 0. The molecule has 0 aromatic carbocycles. The summed E-state index contributed by atoms with van der Waals surface area (Å²) < 4.78 is 5.25. The minimum Gasteiger partial charge on any atom is -0.478 e. The lowest BCUT2D eigenvalue weighted by Gasteiger charge is -2.06. The maximum absolute atomic E-state index is 11.5. The Hall–Kier alpha value is -2.02. The van der Waals surface area contributed by atoms with Crippen molar-refractivity contribution in [1.29, 1.82) is 0 Å². The predicted molar refractivity (Wildman–Crippen MR) is 73.8 cm³/mol.